The number of nitrogens with zero attached hydrogens (tertiary/aromatic N) is 1. The number of hydrogen-bond acceptors (Lipinski definition) is 2. The van der Waals surface area contributed by atoms with Gasteiger partial charge in [0.15, 0.2) is 0 Å². The van der Waals surface area contributed by atoms with E-state index >= 15 is 0 Å². The molecular weight excluding hydrogens is 300 g/mol. The highest BCUT2D eigenvalue weighted by molar-refractivity contribution is 9.10. The molecule has 2 rings (SSSR count). The summed E-state index contributed by atoms with van der Waals surface area (Å²) in [5.74, 6) is 0.920. The molecule has 3 heteroatoms. The first kappa shape index (κ1) is 14.4. The Morgan fingerprint density at radius 3 is 2.68 bits per heavy atom. The lowest BCUT2D eigenvalue weighted by molar-refractivity contribution is 0.319. The van der Waals surface area contributed by atoms with Gasteiger partial charge >= 0.3 is 0 Å². The summed E-state index contributed by atoms with van der Waals surface area (Å²) < 4.78 is 0.959. The van der Waals surface area contributed by atoms with E-state index in [9.17, 15) is 5.26 Å². The second kappa shape index (κ2) is 6.96. The van der Waals surface area contributed by atoms with Crippen molar-refractivity contribution in [3.63, 3.8) is 0 Å². The minimum Gasteiger partial charge on any atom is -0.381 e. The number of anilines is 1. The first-order valence-corrected chi connectivity index (χ1v) is 7.98. The van der Waals surface area contributed by atoms with E-state index in [4.69, 9.17) is 0 Å². The van der Waals surface area contributed by atoms with Gasteiger partial charge in [0.1, 0.15) is 6.07 Å². The van der Waals surface area contributed by atoms with Gasteiger partial charge in [-0.25, -0.2) is 0 Å². The monoisotopic (exact) mass is 320 g/mol. The van der Waals surface area contributed by atoms with Crippen LogP contribution >= 0.6 is 15.9 Å². The zero-order valence-electron chi connectivity index (χ0n) is 11.5. The van der Waals surface area contributed by atoms with E-state index in [0.717, 1.165) is 21.6 Å². The average molecular weight is 321 g/mol. The molecule has 0 radical (unpaired) electrons. The molecule has 1 saturated carbocycles. The molecule has 0 unspecified atom stereocenters. The number of rotatable bonds is 4. The topological polar surface area (TPSA) is 35.8 Å². The van der Waals surface area contributed by atoms with Crippen molar-refractivity contribution in [2.45, 2.75) is 51.5 Å². The number of benzene rings is 1. The van der Waals surface area contributed by atoms with Crippen LogP contribution in [0.5, 0.6) is 0 Å². The molecule has 102 valence electrons. The molecule has 0 amide bonds. The molecule has 0 saturated heterocycles. The fourth-order valence-electron chi connectivity index (χ4n) is 2.96. The Hall–Kier alpha value is -1.01. The first-order chi connectivity index (χ1) is 9.22. The van der Waals surface area contributed by atoms with E-state index in [1.54, 1.807) is 0 Å². The van der Waals surface area contributed by atoms with E-state index in [1.807, 2.05) is 18.2 Å². The van der Waals surface area contributed by atoms with E-state index in [2.05, 4.69) is 34.2 Å². The van der Waals surface area contributed by atoms with Crippen LogP contribution in [-0.2, 0) is 0 Å². The van der Waals surface area contributed by atoms with Gasteiger partial charge in [0.25, 0.3) is 0 Å². The van der Waals surface area contributed by atoms with Gasteiger partial charge in [-0.2, -0.15) is 5.26 Å². The Bertz CT molecular complexity index is 456. The zero-order chi connectivity index (χ0) is 13.7. The van der Waals surface area contributed by atoms with Crippen molar-refractivity contribution < 1.29 is 0 Å². The van der Waals surface area contributed by atoms with E-state index < -0.39 is 0 Å². The van der Waals surface area contributed by atoms with Crippen molar-refractivity contribution in [3.05, 3.63) is 28.2 Å². The number of halogens is 1. The van der Waals surface area contributed by atoms with E-state index in [1.165, 1.54) is 38.5 Å². The molecule has 1 aliphatic carbocycles. The third kappa shape index (κ3) is 3.98. The standard InChI is InChI=1S/C16H21BrN2/c1-2-3-12-4-7-15(8-5-12)19-16-9-6-14(17)10-13(16)11-18/h6,9-10,12,15,19H,2-5,7-8H2,1H3. The molecule has 1 N–H and O–H groups in total. The highest BCUT2D eigenvalue weighted by atomic mass is 79.9. The van der Waals surface area contributed by atoms with Gasteiger partial charge in [-0.1, -0.05) is 35.7 Å². The third-order valence-electron chi connectivity index (χ3n) is 4.01. The highest BCUT2D eigenvalue weighted by Crippen LogP contribution is 2.30. The third-order valence-corrected chi connectivity index (χ3v) is 4.50. The van der Waals surface area contributed by atoms with Crippen LogP contribution in [0.4, 0.5) is 5.69 Å². The lowest BCUT2D eigenvalue weighted by atomic mass is 9.83. The van der Waals surface area contributed by atoms with Crippen molar-refractivity contribution in [1.82, 2.24) is 0 Å². The average Bonchev–Trinajstić information content (AvgIpc) is 2.43. The van der Waals surface area contributed by atoms with Gasteiger partial charge in [-0.05, 0) is 49.8 Å². The predicted octanol–water partition coefficient (Wildman–Crippen LogP) is 5.09. The van der Waals surface area contributed by atoms with Crippen molar-refractivity contribution >= 4 is 21.6 Å². The lowest BCUT2D eigenvalue weighted by Crippen LogP contribution is -2.26. The Labute approximate surface area is 124 Å². The fourth-order valence-corrected chi connectivity index (χ4v) is 3.32. The molecule has 0 heterocycles. The van der Waals surface area contributed by atoms with Crippen LogP contribution in [0.3, 0.4) is 0 Å². The first-order valence-electron chi connectivity index (χ1n) is 7.19. The minimum absolute atomic E-state index is 0.529. The molecule has 1 fully saturated rings. The summed E-state index contributed by atoms with van der Waals surface area (Å²) in [6.45, 7) is 2.27. The Morgan fingerprint density at radius 2 is 2.05 bits per heavy atom. The maximum Gasteiger partial charge on any atom is 0.101 e. The van der Waals surface area contributed by atoms with Gasteiger partial charge in [0.05, 0.1) is 11.3 Å². The normalized spacial score (nSPS) is 22.8. The van der Waals surface area contributed by atoms with Crippen molar-refractivity contribution in [3.8, 4) is 6.07 Å². The van der Waals surface area contributed by atoms with Gasteiger partial charge in [0.2, 0.25) is 0 Å². The summed E-state index contributed by atoms with van der Waals surface area (Å²) in [7, 11) is 0. The molecule has 1 aliphatic rings. The van der Waals surface area contributed by atoms with Crippen LogP contribution in [0.15, 0.2) is 22.7 Å². The Morgan fingerprint density at radius 1 is 1.32 bits per heavy atom. The number of nitriles is 1. The summed E-state index contributed by atoms with van der Waals surface area (Å²) in [4.78, 5) is 0. The molecule has 2 nitrogen and oxygen atoms in total. The maximum atomic E-state index is 9.17. The van der Waals surface area contributed by atoms with Crippen LogP contribution in [-0.4, -0.2) is 6.04 Å². The predicted molar refractivity (Wildman–Crippen MR) is 83.1 cm³/mol. The zero-order valence-corrected chi connectivity index (χ0v) is 13.0. The Balaban J connectivity index is 1.94. The lowest BCUT2D eigenvalue weighted by Gasteiger charge is -2.29. The maximum absolute atomic E-state index is 9.17. The summed E-state index contributed by atoms with van der Waals surface area (Å²) in [6, 6.07) is 8.66. The fraction of sp³-hybridized carbons (Fsp3) is 0.562. The Kier molecular flexibility index (Phi) is 5.27. The van der Waals surface area contributed by atoms with E-state index in [0.29, 0.717) is 6.04 Å². The van der Waals surface area contributed by atoms with Gasteiger partial charge < -0.3 is 5.32 Å². The largest absolute Gasteiger partial charge is 0.381 e. The summed E-state index contributed by atoms with van der Waals surface area (Å²) in [6.07, 6.45) is 7.77. The minimum atomic E-state index is 0.529. The van der Waals surface area contributed by atoms with Gasteiger partial charge in [0, 0.05) is 10.5 Å². The van der Waals surface area contributed by atoms with Gasteiger partial charge in [-0.15, -0.1) is 0 Å². The van der Waals surface area contributed by atoms with Crippen molar-refractivity contribution in [2.75, 3.05) is 5.32 Å². The van der Waals surface area contributed by atoms with E-state index in [-0.39, 0.29) is 0 Å². The SMILES string of the molecule is CCCC1CCC(Nc2ccc(Br)cc2C#N)CC1. The quantitative estimate of drug-likeness (QED) is 0.838. The van der Waals surface area contributed by atoms with Crippen LogP contribution < -0.4 is 5.32 Å². The molecular formula is C16H21BrN2. The number of hydrogen-bond donors (Lipinski definition) is 1. The molecule has 0 aliphatic heterocycles. The van der Waals surface area contributed by atoms with Crippen LogP contribution in [0, 0.1) is 17.2 Å². The molecule has 19 heavy (non-hydrogen) atoms. The molecule has 1 aromatic rings. The summed E-state index contributed by atoms with van der Waals surface area (Å²) in [5, 5.41) is 12.7. The second-order valence-corrected chi connectivity index (χ2v) is 6.37. The molecule has 0 bridgehead atoms. The smallest absolute Gasteiger partial charge is 0.101 e. The molecule has 1 aromatic carbocycles. The highest BCUT2D eigenvalue weighted by Gasteiger charge is 2.20. The second-order valence-electron chi connectivity index (χ2n) is 5.45. The van der Waals surface area contributed by atoms with Crippen molar-refractivity contribution in [2.24, 2.45) is 5.92 Å². The van der Waals surface area contributed by atoms with Crippen LogP contribution in [0.25, 0.3) is 0 Å². The molecule has 0 aromatic heterocycles. The van der Waals surface area contributed by atoms with Gasteiger partial charge in [-0.3, -0.25) is 0 Å². The van der Waals surface area contributed by atoms with Crippen LogP contribution in [0.1, 0.15) is 51.0 Å². The summed E-state index contributed by atoms with van der Waals surface area (Å²) >= 11 is 3.41. The molecule has 0 spiro atoms. The molecule has 0 atom stereocenters. The van der Waals surface area contributed by atoms with Crippen LogP contribution in [0.2, 0.25) is 0 Å². The van der Waals surface area contributed by atoms with Crippen molar-refractivity contribution in [1.29, 1.82) is 5.26 Å². The summed E-state index contributed by atoms with van der Waals surface area (Å²) in [5.41, 5.74) is 1.70. The number of nitrogens with one attached hydrogen (secondary N) is 1.